The summed E-state index contributed by atoms with van der Waals surface area (Å²) in [5.41, 5.74) is 3.49. The van der Waals surface area contributed by atoms with Gasteiger partial charge >= 0.3 is 0 Å². The Balaban J connectivity index is 2.15. The molecule has 16 heavy (non-hydrogen) atoms. The van der Waals surface area contributed by atoms with E-state index in [-0.39, 0.29) is 5.78 Å². The lowest BCUT2D eigenvalue weighted by atomic mass is 10.0. The molecule has 1 heterocycles. The summed E-state index contributed by atoms with van der Waals surface area (Å²) in [6.45, 7) is 4.11. The van der Waals surface area contributed by atoms with Crippen LogP contribution in [0.15, 0.2) is 30.6 Å². The molecule has 0 aliphatic heterocycles. The molecule has 1 aromatic carbocycles. The number of hydrogen-bond donors (Lipinski definition) is 1. The number of carbonyl (C=O) groups is 1. The van der Waals surface area contributed by atoms with Gasteiger partial charge in [-0.15, -0.1) is 0 Å². The Kier molecular flexibility index (Phi) is 2.86. The topological polar surface area (TPSA) is 45.8 Å². The van der Waals surface area contributed by atoms with Crippen molar-refractivity contribution < 1.29 is 4.79 Å². The van der Waals surface area contributed by atoms with Crippen molar-refractivity contribution in [3.63, 3.8) is 0 Å². The Labute approximate surface area is 94.5 Å². The third-order valence-corrected chi connectivity index (χ3v) is 2.70. The van der Waals surface area contributed by atoms with E-state index in [9.17, 15) is 4.79 Å². The standard InChI is InChI=1S/C13H14N2O/c1-9-3-4-11(7-10(9)2)8-12(16)13-14-5-6-15-13/h3-7H,8H2,1-2H3,(H,14,15). The van der Waals surface area contributed by atoms with E-state index in [0.717, 1.165) is 5.56 Å². The summed E-state index contributed by atoms with van der Waals surface area (Å²) in [6, 6.07) is 6.08. The van der Waals surface area contributed by atoms with E-state index < -0.39 is 0 Å². The normalized spacial score (nSPS) is 10.4. The van der Waals surface area contributed by atoms with E-state index >= 15 is 0 Å². The van der Waals surface area contributed by atoms with Crippen molar-refractivity contribution in [2.24, 2.45) is 0 Å². The zero-order chi connectivity index (χ0) is 11.5. The molecule has 82 valence electrons. The summed E-state index contributed by atoms with van der Waals surface area (Å²) in [5, 5.41) is 0. The van der Waals surface area contributed by atoms with Crippen molar-refractivity contribution in [3.8, 4) is 0 Å². The van der Waals surface area contributed by atoms with Crippen LogP contribution in [0.2, 0.25) is 0 Å². The van der Waals surface area contributed by atoms with Crippen molar-refractivity contribution in [2.75, 3.05) is 0 Å². The number of H-pyrrole nitrogens is 1. The molecule has 0 bridgehead atoms. The van der Waals surface area contributed by atoms with E-state index in [2.05, 4.69) is 29.9 Å². The van der Waals surface area contributed by atoms with E-state index in [1.807, 2.05) is 12.1 Å². The van der Waals surface area contributed by atoms with Gasteiger partial charge < -0.3 is 4.98 Å². The Morgan fingerprint density at radius 2 is 2.12 bits per heavy atom. The van der Waals surface area contributed by atoms with Crippen molar-refractivity contribution in [1.82, 2.24) is 9.97 Å². The van der Waals surface area contributed by atoms with Crippen LogP contribution >= 0.6 is 0 Å². The lowest BCUT2D eigenvalue weighted by Gasteiger charge is -2.03. The fourth-order valence-corrected chi connectivity index (χ4v) is 1.60. The van der Waals surface area contributed by atoms with Gasteiger partial charge in [-0.3, -0.25) is 4.79 Å². The average molecular weight is 214 g/mol. The molecule has 3 nitrogen and oxygen atoms in total. The van der Waals surface area contributed by atoms with Gasteiger partial charge in [0.25, 0.3) is 0 Å². The first-order valence-electron chi connectivity index (χ1n) is 5.25. The molecule has 0 fully saturated rings. The maximum Gasteiger partial charge on any atom is 0.202 e. The van der Waals surface area contributed by atoms with Gasteiger partial charge in [0.1, 0.15) is 0 Å². The summed E-state index contributed by atoms with van der Waals surface area (Å²) in [4.78, 5) is 18.5. The molecular formula is C13H14N2O. The highest BCUT2D eigenvalue weighted by Gasteiger charge is 2.09. The minimum absolute atomic E-state index is 0.0215. The van der Waals surface area contributed by atoms with Gasteiger partial charge in [-0.25, -0.2) is 4.98 Å². The first-order valence-corrected chi connectivity index (χ1v) is 5.25. The fourth-order valence-electron chi connectivity index (χ4n) is 1.60. The van der Waals surface area contributed by atoms with Gasteiger partial charge in [-0.1, -0.05) is 18.2 Å². The largest absolute Gasteiger partial charge is 0.342 e. The first-order chi connectivity index (χ1) is 7.66. The number of aryl methyl sites for hydroxylation is 2. The number of aromatic nitrogens is 2. The SMILES string of the molecule is Cc1ccc(CC(=O)c2ncc[nH]2)cc1C. The molecule has 0 amide bonds. The molecule has 1 aromatic heterocycles. The van der Waals surface area contributed by atoms with Crippen LogP contribution in [0, 0.1) is 13.8 Å². The summed E-state index contributed by atoms with van der Waals surface area (Å²) in [7, 11) is 0. The van der Waals surface area contributed by atoms with Crippen molar-refractivity contribution in [3.05, 3.63) is 53.1 Å². The van der Waals surface area contributed by atoms with Crippen LogP contribution in [0.4, 0.5) is 0 Å². The van der Waals surface area contributed by atoms with Gasteiger partial charge in [0.2, 0.25) is 5.78 Å². The number of nitrogens with zero attached hydrogens (tertiary/aromatic N) is 1. The van der Waals surface area contributed by atoms with Crippen molar-refractivity contribution in [1.29, 1.82) is 0 Å². The molecule has 2 rings (SSSR count). The summed E-state index contributed by atoms with van der Waals surface area (Å²) >= 11 is 0. The molecule has 0 aliphatic rings. The Morgan fingerprint density at radius 1 is 1.31 bits per heavy atom. The van der Waals surface area contributed by atoms with Gasteiger partial charge in [0.15, 0.2) is 5.82 Å². The number of nitrogens with one attached hydrogen (secondary N) is 1. The minimum Gasteiger partial charge on any atom is -0.342 e. The minimum atomic E-state index is 0.0215. The lowest BCUT2D eigenvalue weighted by Crippen LogP contribution is -2.05. The monoisotopic (exact) mass is 214 g/mol. The molecule has 0 unspecified atom stereocenters. The zero-order valence-electron chi connectivity index (χ0n) is 9.45. The fraction of sp³-hybridized carbons (Fsp3) is 0.231. The smallest absolute Gasteiger partial charge is 0.202 e. The van der Waals surface area contributed by atoms with Gasteiger partial charge in [-0.05, 0) is 30.5 Å². The maximum absolute atomic E-state index is 11.8. The van der Waals surface area contributed by atoms with E-state index in [4.69, 9.17) is 0 Å². The molecular weight excluding hydrogens is 200 g/mol. The highest BCUT2D eigenvalue weighted by atomic mass is 16.1. The summed E-state index contributed by atoms with van der Waals surface area (Å²) < 4.78 is 0. The Bertz CT molecular complexity index is 501. The van der Waals surface area contributed by atoms with Gasteiger partial charge in [0, 0.05) is 18.8 Å². The van der Waals surface area contributed by atoms with Crippen molar-refractivity contribution >= 4 is 5.78 Å². The summed E-state index contributed by atoms with van der Waals surface area (Å²) in [6.07, 6.45) is 3.65. The number of carbonyl (C=O) groups excluding carboxylic acids is 1. The Hall–Kier alpha value is -1.90. The molecule has 1 N–H and O–H groups in total. The third-order valence-electron chi connectivity index (χ3n) is 2.70. The second-order valence-electron chi connectivity index (χ2n) is 3.96. The first kappa shape index (κ1) is 10.6. The predicted molar refractivity (Wildman–Crippen MR) is 62.5 cm³/mol. The number of benzene rings is 1. The lowest BCUT2D eigenvalue weighted by molar-refractivity contribution is 0.0984. The number of imidazole rings is 1. The van der Waals surface area contributed by atoms with Crippen LogP contribution in [-0.2, 0) is 6.42 Å². The third kappa shape index (κ3) is 2.19. The molecule has 0 spiro atoms. The molecule has 0 radical (unpaired) electrons. The van der Waals surface area contributed by atoms with E-state index in [0.29, 0.717) is 12.2 Å². The maximum atomic E-state index is 11.8. The number of Topliss-reactive ketones (excluding diaryl/α,β-unsaturated/α-hetero) is 1. The average Bonchev–Trinajstić information content (AvgIpc) is 2.77. The van der Waals surface area contributed by atoms with Gasteiger partial charge in [-0.2, -0.15) is 0 Å². The molecule has 0 saturated carbocycles. The molecule has 0 aliphatic carbocycles. The van der Waals surface area contributed by atoms with Crippen LogP contribution < -0.4 is 0 Å². The molecule has 0 atom stereocenters. The highest BCUT2D eigenvalue weighted by molar-refractivity contribution is 5.94. The van der Waals surface area contributed by atoms with E-state index in [1.54, 1.807) is 12.4 Å². The van der Waals surface area contributed by atoms with Crippen LogP contribution in [0.1, 0.15) is 27.3 Å². The highest BCUT2D eigenvalue weighted by Crippen LogP contribution is 2.11. The van der Waals surface area contributed by atoms with Crippen LogP contribution in [0.25, 0.3) is 0 Å². The second kappa shape index (κ2) is 4.31. The number of aromatic amines is 1. The quantitative estimate of drug-likeness (QED) is 0.798. The van der Waals surface area contributed by atoms with Crippen LogP contribution in [0.5, 0.6) is 0 Å². The zero-order valence-corrected chi connectivity index (χ0v) is 9.45. The van der Waals surface area contributed by atoms with E-state index in [1.165, 1.54) is 11.1 Å². The summed E-state index contributed by atoms with van der Waals surface area (Å²) in [5.74, 6) is 0.450. The Morgan fingerprint density at radius 3 is 2.75 bits per heavy atom. The van der Waals surface area contributed by atoms with Crippen LogP contribution in [-0.4, -0.2) is 15.8 Å². The molecule has 2 aromatic rings. The van der Waals surface area contributed by atoms with Gasteiger partial charge in [0.05, 0.1) is 0 Å². The van der Waals surface area contributed by atoms with Crippen LogP contribution in [0.3, 0.4) is 0 Å². The molecule has 3 heteroatoms. The number of rotatable bonds is 3. The van der Waals surface area contributed by atoms with Crippen molar-refractivity contribution in [2.45, 2.75) is 20.3 Å². The number of hydrogen-bond acceptors (Lipinski definition) is 2. The number of ketones is 1. The molecule has 0 saturated heterocycles. The predicted octanol–water partition coefficient (Wildman–Crippen LogP) is 2.45. The second-order valence-corrected chi connectivity index (χ2v) is 3.96.